The molecule has 0 fully saturated rings. The van der Waals surface area contributed by atoms with Crippen LogP contribution in [0.3, 0.4) is 0 Å². The van der Waals surface area contributed by atoms with E-state index in [9.17, 15) is 0 Å². The van der Waals surface area contributed by atoms with Gasteiger partial charge in [0.15, 0.2) is 0 Å². The maximum Gasteiger partial charge on any atom is 0.137 e. The van der Waals surface area contributed by atoms with E-state index in [1.807, 2.05) is 48.5 Å². The van der Waals surface area contributed by atoms with Gasteiger partial charge in [-0.2, -0.15) is 0 Å². The number of para-hydroxylation sites is 2. The number of nitrogens with zero attached hydrogens (tertiary/aromatic N) is 1. The van der Waals surface area contributed by atoms with Crippen LogP contribution in [-0.4, -0.2) is 5.17 Å². The molecule has 16 heavy (non-hydrogen) atoms. The molecule has 0 unspecified atom stereocenters. The molecule has 2 nitrogen and oxygen atoms in total. The van der Waals surface area contributed by atoms with E-state index in [2.05, 4.69) is 4.99 Å². The number of nitrogen functional groups attached to an aromatic ring is 1. The molecule has 2 N–H and O–H groups in total. The van der Waals surface area contributed by atoms with Crippen molar-refractivity contribution in [3.8, 4) is 0 Å². The zero-order chi connectivity index (χ0) is 11.4. The number of halogens is 1. The first-order valence-electron chi connectivity index (χ1n) is 4.91. The van der Waals surface area contributed by atoms with Gasteiger partial charge in [-0.1, -0.05) is 54.1 Å². The molecule has 2 aromatic carbocycles. The van der Waals surface area contributed by atoms with Crippen LogP contribution in [0.25, 0.3) is 0 Å². The summed E-state index contributed by atoms with van der Waals surface area (Å²) < 4.78 is 0. The van der Waals surface area contributed by atoms with Gasteiger partial charge >= 0.3 is 0 Å². The first-order chi connectivity index (χ1) is 7.77. The highest BCUT2D eigenvalue weighted by Crippen LogP contribution is 2.22. The van der Waals surface area contributed by atoms with Crippen LogP contribution in [0.5, 0.6) is 0 Å². The van der Waals surface area contributed by atoms with Gasteiger partial charge in [0.05, 0.1) is 11.4 Å². The Morgan fingerprint density at radius 2 is 1.56 bits per heavy atom. The molecule has 0 radical (unpaired) electrons. The smallest absolute Gasteiger partial charge is 0.137 e. The van der Waals surface area contributed by atoms with Gasteiger partial charge in [-0.3, -0.25) is 0 Å². The first kappa shape index (κ1) is 10.7. The van der Waals surface area contributed by atoms with Gasteiger partial charge < -0.3 is 5.73 Å². The SMILES string of the molecule is Nc1ccccc1N=C(Cl)c1ccccc1. The van der Waals surface area contributed by atoms with Crippen molar-refractivity contribution >= 4 is 28.1 Å². The van der Waals surface area contributed by atoms with Crippen molar-refractivity contribution in [2.24, 2.45) is 4.99 Å². The lowest BCUT2D eigenvalue weighted by Crippen LogP contribution is -1.91. The number of benzene rings is 2. The summed E-state index contributed by atoms with van der Waals surface area (Å²) in [4.78, 5) is 4.29. The van der Waals surface area contributed by atoms with Crippen LogP contribution < -0.4 is 5.73 Å². The summed E-state index contributed by atoms with van der Waals surface area (Å²) in [5.74, 6) is 0. The molecule has 0 saturated heterocycles. The van der Waals surface area contributed by atoms with E-state index in [4.69, 9.17) is 17.3 Å². The maximum absolute atomic E-state index is 6.11. The molecule has 0 heterocycles. The van der Waals surface area contributed by atoms with Crippen LogP contribution in [0.2, 0.25) is 0 Å². The minimum atomic E-state index is 0.443. The Kier molecular flexibility index (Phi) is 3.22. The van der Waals surface area contributed by atoms with Crippen molar-refractivity contribution in [2.45, 2.75) is 0 Å². The van der Waals surface area contributed by atoms with E-state index in [1.165, 1.54) is 0 Å². The molecular weight excluding hydrogens is 220 g/mol. The molecule has 2 aromatic rings. The Morgan fingerprint density at radius 1 is 0.938 bits per heavy atom. The fourth-order valence-electron chi connectivity index (χ4n) is 1.34. The Labute approximate surface area is 99.4 Å². The summed E-state index contributed by atoms with van der Waals surface area (Å²) in [7, 11) is 0. The zero-order valence-corrected chi connectivity index (χ0v) is 9.35. The Balaban J connectivity index is 2.36. The van der Waals surface area contributed by atoms with Crippen LogP contribution in [0.1, 0.15) is 5.56 Å². The molecule has 0 atom stereocenters. The fraction of sp³-hybridized carbons (Fsp3) is 0. The normalized spacial score (nSPS) is 11.4. The molecular formula is C13H11ClN2. The van der Waals surface area contributed by atoms with E-state index in [0.717, 1.165) is 5.56 Å². The molecule has 0 amide bonds. The van der Waals surface area contributed by atoms with E-state index in [-0.39, 0.29) is 0 Å². The van der Waals surface area contributed by atoms with Crippen LogP contribution in [0.15, 0.2) is 59.6 Å². The van der Waals surface area contributed by atoms with Gasteiger partial charge in [0.2, 0.25) is 0 Å². The van der Waals surface area contributed by atoms with Gasteiger partial charge in [0.1, 0.15) is 5.17 Å². The van der Waals surface area contributed by atoms with Crippen LogP contribution in [-0.2, 0) is 0 Å². The van der Waals surface area contributed by atoms with Gasteiger partial charge in [-0.15, -0.1) is 0 Å². The molecule has 0 bridgehead atoms. The lowest BCUT2D eigenvalue weighted by Gasteiger charge is -2.01. The molecule has 0 aliphatic carbocycles. The predicted octanol–water partition coefficient (Wildman–Crippen LogP) is 3.59. The number of aliphatic imine (C=N–C) groups is 1. The van der Waals surface area contributed by atoms with Crippen LogP contribution >= 0.6 is 11.6 Å². The van der Waals surface area contributed by atoms with Crippen LogP contribution in [0.4, 0.5) is 11.4 Å². The Hall–Kier alpha value is -1.80. The second-order valence-corrected chi connectivity index (χ2v) is 3.69. The molecule has 0 aromatic heterocycles. The lowest BCUT2D eigenvalue weighted by atomic mass is 10.2. The largest absolute Gasteiger partial charge is 0.397 e. The zero-order valence-electron chi connectivity index (χ0n) is 8.60. The van der Waals surface area contributed by atoms with E-state index >= 15 is 0 Å². The number of hydrogen-bond acceptors (Lipinski definition) is 2. The average molecular weight is 231 g/mol. The number of nitrogens with two attached hydrogens (primary N) is 1. The van der Waals surface area contributed by atoms with E-state index in [1.54, 1.807) is 6.07 Å². The molecule has 0 saturated carbocycles. The highest BCUT2D eigenvalue weighted by molar-refractivity contribution is 6.69. The molecule has 0 spiro atoms. The first-order valence-corrected chi connectivity index (χ1v) is 5.29. The van der Waals surface area contributed by atoms with Crippen LogP contribution in [0, 0.1) is 0 Å². The minimum Gasteiger partial charge on any atom is -0.397 e. The number of hydrogen-bond donors (Lipinski definition) is 1. The minimum absolute atomic E-state index is 0.443. The van der Waals surface area contributed by atoms with Crippen molar-refractivity contribution in [3.05, 3.63) is 60.2 Å². The average Bonchev–Trinajstić information content (AvgIpc) is 2.33. The molecule has 0 aliphatic heterocycles. The summed E-state index contributed by atoms with van der Waals surface area (Å²) in [6.07, 6.45) is 0. The van der Waals surface area contributed by atoms with Gasteiger partial charge in [0, 0.05) is 5.56 Å². The summed E-state index contributed by atoms with van der Waals surface area (Å²) in [5, 5.41) is 0.443. The summed E-state index contributed by atoms with van der Waals surface area (Å²) in [6, 6.07) is 17.0. The third kappa shape index (κ3) is 2.41. The van der Waals surface area contributed by atoms with E-state index < -0.39 is 0 Å². The highest BCUT2D eigenvalue weighted by atomic mass is 35.5. The summed E-state index contributed by atoms with van der Waals surface area (Å²) in [5.41, 5.74) is 7.98. The van der Waals surface area contributed by atoms with Crippen molar-refractivity contribution in [3.63, 3.8) is 0 Å². The number of rotatable bonds is 2. The second kappa shape index (κ2) is 4.81. The van der Waals surface area contributed by atoms with Crippen molar-refractivity contribution in [1.82, 2.24) is 0 Å². The van der Waals surface area contributed by atoms with Crippen molar-refractivity contribution in [1.29, 1.82) is 0 Å². The quantitative estimate of drug-likeness (QED) is 0.622. The standard InChI is InChI=1S/C13H11ClN2/c14-13(10-6-2-1-3-7-10)16-12-9-5-4-8-11(12)15/h1-9H,15H2. The van der Waals surface area contributed by atoms with Gasteiger partial charge in [0.25, 0.3) is 0 Å². The lowest BCUT2D eigenvalue weighted by molar-refractivity contribution is 1.51. The molecule has 0 aliphatic rings. The van der Waals surface area contributed by atoms with E-state index in [0.29, 0.717) is 16.5 Å². The fourth-order valence-corrected chi connectivity index (χ4v) is 1.55. The molecule has 3 heteroatoms. The predicted molar refractivity (Wildman–Crippen MR) is 69.3 cm³/mol. The third-order valence-electron chi connectivity index (χ3n) is 2.17. The van der Waals surface area contributed by atoms with Gasteiger partial charge in [-0.05, 0) is 12.1 Å². The Morgan fingerprint density at radius 3 is 2.25 bits per heavy atom. The molecule has 80 valence electrons. The summed E-state index contributed by atoms with van der Waals surface area (Å²) >= 11 is 6.11. The molecule has 2 rings (SSSR count). The van der Waals surface area contributed by atoms with Gasteiger partial charge in [-0.25, -0.2) is 4.99 Å². The Bertz CT molecular complexity index is 506. The number of anilines is 1. The second-order valence-electron chi connectivity index (χ2n) is 3.33. The maximum atomic E-state index is 6.11. The topological polar surface area (TPSA) is 38.4 Å². The monoisotopic (exact) mass is 230 g/mol. The summed E-state index contributed by atoms with van der Waals surface area (Å²) in [6.45, 7) is 0. The van der Waals surface area contributed by atoms with Crippen molar-refractivity contribution in [2.75, 3.05) is 5.73 Å². The third-order valence-corrected chi connectivity index (χ3v) is 2.47. The highest BCUT2D eigenvalue weighted by Gasteiger charge is 2.00. The van der Waals surface area contributed by atoms with Crippen molar-refractivity contribution < 1.29 is 0 Å².